The minimum absolute atomic E-state index is 0. The average Bonchev–Trinajstić information content (AvgIpc) is 1.68. The van der Waals surface area contributed by atoms with Gasteiger partial charge in [-0.3, -0.25) is 29.4 Å². The molecule has 3 aliphatic heterocycles. The number of aromatic nitrogens is 11. The number of thioether (sulfide) groups is 2. The van der Waals surface area contributed by atoms with Gasteiger partial charge in [0.2, 0.25) is 0 Å². The van der Waals surface area contributed by atoms with E-state index in [1.54, 1.807) is 58.8 Å². The van der Waals surface area contributed by atoms with Gasteiger partial charge in [-0.15, -0.1) is 29.2 Å². The summed E-state index contributed by atoms with van der Waals surface area (Å²) in [5, 5.41) is 64.2. The number of fused-ring (bicyclic) bond motifs is 3. The first-order valence-corrected chi connectivity index (χ1v) is 34.7. The molecular formula is C73H81BN20NaO8S2. The van der Waals surface area contributed by atoms with E-state index in [0.717, 1.165) is 165 Å². The number of rotatable bonds is 12. The zero-order chi connectivity index (χ0) is 71.5. The number of anilines is 3. The predicted molar refractivity (Wildman–Crippen MR) is 402 cm³/mol. The Bertz CT molecular complexity index is 4600. The summed E-state index contributed by atoms with van der Waals surface area (Å²) in [5.41, 5.74) is 11.7. The molecule has 3 radical (unpaired) electrons. The topological polar surface area (TPSA) is 380 Å². The number of nitrogens with one attached hydrogen (secondary N) is 1. The third-order valence-electron chi connectivity index (χ3n) is 16.4. The molecule has 14 heterocycles. The molecule has 0 saturated carbocycles. The Morgan fingerprint density at radius 3 is 1.14 bits per heavy atom. The molecule has 28 nitrogen and oxygen atoms in total. The molecule has 3 saturated heterocycles. The van der Waals surface area contributed by atoms with E-state index in [1.165, 1.54) is 64.4 Å². The third-order valence-corrected chi connectivity index (χ3v) is 17.9. The largest absolute Gasteiger partial charge is 1.00 e. The first-order chi connectivity index (χ1) is 48.9. The zero-order valence-corrected chi connectivity index (χ0v) is 62.3. The van der Waals surface area contributed by atoms with E-state index in [-0.39, 0.29) is 65.1 Å². The number of aryl methyl sites for hydroxylation is 1. The van der Waals surface area contributed by atoms with Crippen molar-refractivity contribution in [2.45, 2.75) is 58.0 Å². The summed E-state index contributed by atoms with van der Waals surface area (Å²) in [7, 11) is 4.47. The Morgan fingerprint density at radius 2 is 0.848 bits per heavy atom. The number of carbonyl (C=O) groups excluding carboxylic acids is 3. The van der Waals surface area contributed by atoms with Crippen molar-refractivity contribution in [3.63, 3.8) is 0 Å². The number of ether oxygens (including phenoxy) is 1. The molecule has 0 aromatic carbocycles. The number of esters is 2. The average molecular weight is 1460 g/mol. The van der Waals surface area contributed by atoms with Gasteiger partial charge in [0.05, 0.1) is 75.6 Å². The maximum Gasteiger partial charge on any atom is 1.00 e. The Kier molecular flexibility index (Phi) is 31.9. The van der Waals surface area contributed by atoms with Crippen molar-refractivity contribution in [3.05, 3.63) is 181 Å². The van der Waals surface area contributed by atoms with Gasteiger partial charge >= 0.3 is 41.5 Å². The van der Waals surface area contributed by atoms with Gasteiger partial charge in [0.25, 0.3) is 0 Å². The first kappa shape index (κ1) is 83.6. The molecule has 105 heavy (non-hydrogen) atoms. The summed E-state index contributed by atoms with van der Waals surface area (Å²) < 4.78 is 8.80. The molecule has 0 aliphatic carbocycles. The molecule has 11 aromatic heterocycles. The van der Waals surface area contributed by atoms with Crippen LogP contribution < -0.4 is 49.6 Å². The number of nitriles is 3. The minimum atomic E-state index is -0.562. The second-order valence-corrected chi connectivity index (χ2v) is 25.4. The van der Waals surface area contributed by atoms with Crippen LogP contribution in [0.25, 0.3) is 49.9 Å². The Labute approximate surface area is 640 Å². The molecule has 0 spiro atoms. The summed E-state index contributed by atoms with van der Waals surface area (Å²) in [6, 6.07) is 32.5. The van der Waals surface area contributed by atoms with Crippen LogP contribution in [0.2, 0.25) is 0 Å². The number of pyridine rings is 8. The minimum Gasteiger partial charge on any atom is -0.528 e. The molecule has 537 valence electrons. The normalized spacial score (nSPS) is 13.2. The van der Waals surface area contributed by atoms with Crippen molar-refractivity contribution in [3.8, 4) is 63.1 Å². The van der Waals surface area contributed by atoms with Gasteiger partial charge in [0, 0.05) is 186 Å². The Hall–Kier alpha value is -10.3. The summed E-state index contributed by atoms with van der Waals surface area (Å²) in [6.45, 7) is 18.7. The van der Waals surface area contributed by atoms with Crippen molar-refractivity contribution in [2.24, 2.45) is 0 Å². The van der Waals surface area contributed by atoms with Crippen molar-refractivity contribution in [1.29, 1.82) is 15.8 Å². The van der Waals surface area contributed by atoms with E-state index in [1.807, 2.05) is 56.0 Å². The molecule has 0 bridgehead atoms. The smallest absolute Gasteiger partial charge is 0.528 e. The van der Waals surface area contributed by atoms with Gasteiger partial charge in [0.1, 0.15) is 47.2 Å². The van der Waals surface area contributed by atoms with Crippen LogP contribution in [-0.4, -0.2) is 201 Å². The van der Waals surface area contributed by atoms with E-state index in [0.29, 0.717) is 27.7 Å². The molecular weight excluding hydrogens is 1380 g/mol. The maximum absolute atomic E-state index is 10.1. The molecule has 0 unspecified atom stereocenters. The summed E-state index contributed by atoms with van der Waals surface area (Å²) in [5.74, 6) is 1.90. The van der Waals surface area contributed by atoms with Gasteiger partial charge in [-0.05, 0) is 104 Å². The van der Waals surface area contributed by atoms with Crippen LogP contribution in [0, 0.1) is 40.9 Å². The van der Waals surface area contributed by atoms with Crippen LogP contribution in [0.15, 0.2) is 157 Å². The molecule has 0 amide bonds. The number of carbonyl (C=O) groups is 3. The number of hydrogen-bond acceptors (Lipinski definition) is 25. The Balaban J connectivity index is 0.000000228. The number of hydrogen-bond donors (Lipinski definition) is 3. The molecule has 3 fully saturated rings. The SMILES string of the molecule is C.CC(=O)OC(C)=O.CSc1ccc(CN2CCN(c3ccc(-c4cc(C)cn5ncc(C#N)c45)cn3)CC2)nc1.CSc1ccc(CN2CCN(c3ccc(-c4cc(O)cn5ncc(C#N)c45)cn3)CC2)nc1.N#Cc1cnn2cc(O)cc(-c3ccc(N4CCNCC4)nc3)c12.O.O.[B-]C(C)=O.[Na+]. The molecule has 3 aliphatic rings. The standard InChI is InChI=1S/C25H25N7S.C24H23N7OS.C17H16N6O.C4H6O3.C2H3BO.CH4.Na.2H2O/c1-18-11-23(25-20(12-26)14-29-32(25)16-18)19-3-6-24(28-13-19)31-9-7-30(8-10-31)17-21-4-5-22(33-2)15-27-21;1-33-21-4-3-19(26-14-21)15-29-6-8-30(9-7-29)23-5-2-17(12-27-23)22-10-20(32)16-31-24(22)18(11-25)13-28-31;18-8-13-10-21-23-11-14(24)7-15(17(13)23)12-1-2-16(20-9-12)22-5-3-19-4-6-22;1-3(5)7-4(2)6;1-2(3)4;;;;/h3-6,11,13-16H,7-10,17H2,1-2H3;2-5,10,12-14,16,32H,6-9,15H2,1H3;1-2,7,9-11,19,24H,3-6H2;1-2H3;1H3;1H4;;2*1H2/q;;;;-1;;+1;;. The summed E-state index contributed by atoms with van der Waals surface area (Å²) >= 11 is 3.42. The molecule has 14 rings (SSSR count). The first-order valence-electron chi connectivity index (χ1n) is 32.2. The predicted octanol–water partition coefficient (Wildman–Crippen LogP) is 4.60. The van der Waals surface area contributed by atoms with Crippen molar-refractivity contribution in [2.75, 3.05) is 106 Å². The zero-order valence-electron chi connectivity index (χ0n) is 58.7. The Morgan fingerprint density at radius 1 is 0.505 bits per heavy atom. The monoisotopic (exact) mass is 1460 g/mol. The van der Waals surface area contributed by atoms with Gasteiger partial charge in [0.15, 0.2) is 0 Å². The van der Waals surface area contributed by atoms with E-state index in [2.05, 4.69) is 151 Å². The second kappa shape index (κ2) is 40.1. The van der Waals surface area contributed by atoms with Gasteiger partial charge < -0.3 is 58.6 Å². The van der Waals surface area contributed by atoms with Crippen molar-refractivity contribution < 1.29 is 69.8 Å². The van der Waals surface area contributed by atoms with Crippen LogP contribution in [0.1, 0.15) is 61.8 Å². The quantitative estimate of drug-likeness (QED) is 0.0651. The number of piperazine rings is 3. The van der Waals surface area contributed by atoms with Crippen molar-refractivity contribution in [1.82, 2.24) is 68.9 Å². The van der Waals surface area contributed by atoms with Crippen LogP contribution in [0.5, 0.6) is 11.5 Å². The van der Waals surface area contributed by atoms with Crippen LogP contribution in [0.4, 0.5) is 17.5 Å². The van der Waals surface area contributed by atoms with Gasteiger partial charge in [-0.25, -0.2) is 28.5 Å². The van der Waals surface area contributed by atoms with Crippen LogP contribution in [0.3, 0.4) is 0 Å². The second-order valence-electron chi connectivity index (χ2n) is 23.6. The molecule has 0 atom stereocenters. The summed E-state index contributed by atoms with van der Waals surface area (Å²) in [4.78, 5) is 66.1. The third kappa shape index (κ3) is 22.1. The van der Waals surface area contributed by atoms with E-state index >= 15 is 0 Å². The number of nitrogens with zero attached hydrogens (tertiary/aromatic N) is 19. The van der Waals surface area contributed by atoms with Gasteiger partial charge in [-0.1, -0.05) is 14.4 Å². The van der Waals surface area contributed by atoms with Crippen LogP contribution in [-0.2, 0) is 32.2 Å². The fourth-order valence-corrected chi connectivity index (χ4v) is 12.4. The maximum atomic E-state index is 10.1. The van der Waals surface area contributed by atoms with Gasteiger partial charge in [-0.2, -0.15) is 31.1 Å². The van der Waals surface area contributed by atoms with Crippen molar-refractivity contribution >= 4 is 83.0 Å². The number of aromatic hydroxyl groups is 2. The summed E-state index contributed by atoms with van der Waals surface area (Å²) in [6.07, 6.45) is 23.0. The molecule has 7 N–H and O–H groups in total. The molecule has 11 aromatic rings. The van der Waals surface area contributed by atoms with E-state index in [4.69, 9.17) is 4.98 Å². The fourth-order valence-electron chi connectivity index (χ4n) is 11.6. The fraction of sp³-hybridized carbons (Fsp3) is 0.288. The van der Waals surface area contributed by atoms with E-state index < -0.39 is 11.9 Å². The molecule has 32 heteroatoms. The van der Waals surface area contributed by atoms with Crippen LogP contribution >= 0.6 is 23.5 Å². The van der Waals surface area contributed by atoms with E-state index in [9.17, 15) is 40.4 Å².